The summed E-state index contributed by atoms with van der Waals surface area (Å²) in [5.74, 6) is 1.42. The van der Waals surface area contributed by atoms with Crippen molar-refractivity contribution in [3.05, 3.63) is 124 Å². The zero-order valence-corrected chi connectivity index (χ0v) is 39.6. The van der Waals surface area contributed by atoms with Crippen molar-refractivity contribution in [3.8, 4) is 5.75 Å². The molecule has 0 saturated heterocycles. The molecule has 4 aliphatic rings. The van der Waals surface area contributed by atoms with Crippen molar-refractivity contribution in [2.45, 2.75) is 59.8 Å². The number of aliphatic imine (C=N–C) groups is 2. The summed E-state index contributed by atoms with van der Waals surface area (Å²) in [5, 5.41) is 13.9. The maximum Gasteiger partial charge on any atom is 0.335 e. The first-order valence-electron chi connectivity index (χ1n) is 21.2. The number of hydrogen-bond donors (Lipinski definition) is 4. The first-order chi connectivity index (χ1) is 30.6. The highest BCUT2D eigenvalue weighted by molar-refractivity contribution is 7.93. The van der Waals surface area contributed by atoms with Crippen LogP contribution in [0.3, 0.4) is 0 Å². The van der Waals surface area contributed by atoms with E-state index in [2.05, 4.69) is 27.7 Å². The Morgan fingerprint density at radius 1 is 0.938 bits per heavy atom. The van der Waals surface area contributed by atoms with Gasteiger partial charge in [-0.1, -0.05) is 39.8 Å². The largest absolute Gasteiger partial charge is 0.478 e. The smallest absolute Gasteiger partial charge is 0.335 e. The summed E-state index contributed by atoms with van der Waals surface area (Å²) < 4.78 is 25.2. The zero-order valence-electron chi connectivity index (χ0n) is 37.9. The quantitative estimate of drug-likeness (QED) is 0.0446. The van der Waals surface area contributed by atoms with Crippen molar-refractivity contribution in [2.75, 3.05) is 59.5 Å². The second-order valence-electron chi connectivity index (χ2n) is 16.6. The highest BCUT2D eigenvalue weighted by Gasteiger charge is 2.41. The van der Waals surface area contributed by atoms with E-state index in [0.29, 0.717) is 66.6 Å². The van der Waals surface area contributed by atoms with E-state index in [-0.39, 0.29) is 17.4 Å². The molecule has 64 heavy (non-hydrogen) atoms. The van der Waals surface area contributed by atoms with Crippen molar-refractivity contribution in [1.29, 1.82) is 0 Å². The van der Waals surface area contributed by atoms with Crippen LogP contribution in [0.15, 0.2) is 128 Å². The number of carbonyl (C=O) groups is 3. The third-order valence-corrected chi connectivity index (χ3v) is 12.6. The number of quaternary nitrogens is 1. The summed E-state index contributed by atoms with van der Waals surface area (Å²) in [6, 6.07) is 6.34. The summed E-state index contributed by atoms with van der Waals surface area (Å²) in [4.78, 5) is 60.7. The maximum atomic E-state index is 13.3. The number of carboxylic acids is 1. The van der Waals surface area contributed by atoms with Gasteiger partial charge in [-0.25, -0.2) is 19.9 Å². The van der Waals surface area contributed by atoms with Gasteiger partial charge in [0.1, 0.15) is 23.5 Å². The number of nitrogens with two attached hydrogens (primary N) is 1. The first kappa shape index (κ1) is 50.0. The minimum atomic E-state index is -1.03. The Hall–Kier alpha value is -5.01. The van der Waals surface area contributed by atoms with Gasteiger partial charge in [0.2, 0.25) is 0 Å². The molecule has 344 valence electrons. The molecule has 5 rings (SSSR count). The third kappa shape index (κ3) is 12.0. The van der Waals surface area contributed by atoms with Crippen molar-refractivity contribution < 1.29 is 48.3 Å². The second kappa shape index (κ2) is 22.7. The molecule has 17 heteroatoms. The molecule has 5 N–H and O–H groups in total. The third-order valence-electron chi connectivity index (χ3n) is 11.7. The molecule has 0 bridgehead atoms. The monoisotopic (exact) mass is 917 g/mol. The predicted octanol–water partition coefficient (Wildman–Crippen LogP) is 7.22. The number of carboxylic acid groups (broad SMARTS) is 1. The number of amidine groups is 1. The number of allylic oxidation sites excluding steroid dienone is 7. The van der Waals surface area contributed by atoms with E-state index in [9.17, 15) is 24.0 Å². The summed E-state index contributed by atoms with van der Waals surface area (Å²) in [6.45, 7) is 9.99. The summed E-state index contributed by atoms with van der Waals surface area (Å²) >= 11 is 1.58. The lowest BCUT2D eigenvalue weighted by atomic mass is 9.80. The molecule has 1 aromatic carbocycles. The van der Waals surface area contributed by atoms with Crippen molar-refractivity contribution in [3.63, 3.8) is 0 Å². The molecular formula is C47H61N6O9S2+. The lowest BCUT2D eigenvalue weighted by molar-refractivity contribution is -0.588. The topological polar surface area (TPSA) is 191 Å². The van der Waals surface area contributed by atoms with Gasteiger partial charge in [0.05, 0.1) is 49.7 Å². The van der Waals surface area contributed by atoms with E-state index in [4.69, 9.17) is 28.9 Å². The number of carbonyl (C=O) groups excluding carboxylic acids is 2. The number of aromatic carboxylic acids is 1. The minimum absolute atomic E-state index is 0.152. The van der Waals surface area contributed by atoms with E-state index >= 15 is 0 Å². The van der Waals surface area contributed by atoms with Crippen LogP contribution in [0.4, 0.5) is 0 Å². The van der Waals surface area contributed by atoms with E-state index in [0.717, 1.165) is 82.9 Å². The SMILES string of the molecule is CON(C)C(=O)C1=CN(CCCSO)C2=N/C(=C/C=C3\CCCC(/C=C/C4=NC/C(=C\C(=C/[NH2+]CCCSO)C(=O)N(C)OC)C4(C)C)=C3Oc3ccc(C(=O)O)cc3)C(C)(C)C2=C1. The van der Waals surface area contributed by atoms with Crippen LogP contribution in [-0.2, 0) is 19.3 Å². The van der Waals surface area contributed by atoms with Gasteiger partial charge in [-0.3, -0.25) is 24.3 Å². The number of rotatable bonds is 20. The highest BCUT2D eigenvalue weighted by Crippen LogP contribution is 2.46. The number of benzene rings is 1. The van der Waals surface area contributed by atoms with Gasteiger partial charge in [0.15, 0.2) is 0 Å². The van der Waals surface area contributed by atoms with Gasteiger partial charge in [-0.2, -0.15) is 0 Å². The van der Waals surface area contributed by atoms with Gasteiger partial charge in [-0.15, -0.1) is 0 Å². The molecule has 1 aliphatic carbocycles. The minimum Gasteiger partial charge on any atom is -0.478 e. The van der Waals surface area contributed by atoms with Crippen LogP contribution in [0.25, 0.3) is 0 Å². The van der Waals surface area contributed by atoms with Crippen molar-refractivity contribution in [2.24, 2.45) is 20.8 Å². The number of nitrogens with zero attached hydrogens (tertiary/aromatic N) is 5. The Labute approximate surface area is 384 Å². The van der Waals surface area contributed by atoms with Crippen LogP contribution >= 0.6 is 24.1 Å². The number of hydroxylamine groups is 4. The maximum absolute atomic E-state index is 13.3. The summed E-state index contributed by atoms with van der Waals surface area (Å²) in [6.07, 6.45) is 19.2. The average Bonchev–Trinajstić information content (AvgIpc) is 3.72. The molecule has 0 atom stereocenters. The highest BCUT2D eigenvalue weighted by atomic mass is 32.2. The molecule has 3 aliphatic heterocycles. The first-order valence-corrected chi connectivity index (χ1v) is 23.1. The molecule has 0 unspecified atom stereocenters. The van der Waals surface area contributed by atoms with E-state index in [1.807, 2.05) is 46.7 Å². The van der Waals surface area contributed by atoms with Gasteiger partial charge in [0, 0.05) is 66.9 Å². The number of hydrogen-bond acceptors (Lipinski definition) is 13. The average molecular weight is 918 g/mol. The molecule has 15 nitrogen and oxygen atoms in total. The summed E-state index contributed by atoms with van der Waals surface area (Å²) in [7, 11) is 6.03. The van der Waals surface area contributed by atoms with Crippen LogP contribution < -0.4 is 10.1 Å². The zero-order chi connectivity index (χ0) is 46.6. The Morgan fingerprint density at radius 3 is 2.31 bits per heavy atom. The number of fused-ring (bicyclic) bond motifs is 1. The predicted molar refractivity (Wildman–Crippen MR) is 252 cm³/mol. The normalized spacial score (nSPS) is 20.1. The van der Waals surface area contributed by atoms with E-state index in [1.54, 1.807) is 38.6 Å². The lowest BCUT2D eigenvalue weighted by Crippen LogP contribution is -2.78. The number of amides is 2. The van der Waals surface area contributed by atoms with Gasteiger partial charge >= 0.3 is 5.97 Å². The van der Waals surface area contributed by atoms with Gasteiger partial charge < -0.3 is 29.2 Å². The molecule has 2 amide bonds. The van der Waals surface area contributed by atoms with Crippen LogP contribution in [0, 0.1) is 10.8 Å². The van der Waals surface area contributed by atoms with E-state index < -0.39 is 16.8 Å². The second-order valence-corrected chi connectivity index (χ2v) is 17.9. The van der Waals surface area contributed by atoms with Crippen molar-refractivity contribution >= 4 is 53.4 Å². The Bertz CT molecular complexity index is 2250. The molecular weight excluding hydrogens is 857 g/mol. The van der Waals surface area contributed by atoms with Crippen molar-refractivity contribution in [1.82, 2.24) is 15.0 Å². The number of likely N-dealkylation sites (N-methyl/N-ethyl adjacent to an activating group) is 2. The molecule has 1 aromatic rings. The molecule has 0 aromatic heterocycles. The fraction of sp³-hybridized carbons (Fsp3) is 0.426. The van der Waals surface area contributed by atoms with Crippen LogP contribution in [0.2, 0.25) is 0 Å². The lowest BCUT2D eigenvalue weighted by Gasteiger charge is -2.31. The summed E-state index contributed by atoms with van der Waals surface area (Å²) in [5.41, 5.74) is 5.37. The Morgan fingerprint density at radius 2 is 1.64 bits per heavy atom. The number of ether oxygens (including phenoxy) is 1. The Kier molecular flexibility index (Phi) is 17.8. The van der Waals surface area contributed by atoms with Gasteiger partial charge in [-0.05, 0) is 115 Å². The molecule has 0 fully saturated rings. The van der Waals surface area contributed by atoms with E-state index in [1.165, 1.54) is 36.5 Å². The van der Waals surface area contributed by atoms with Crippen LogP contribution in [-0.4, -0.2) is 118 Å². The molecule has 0 spiro atoms. The van der Waals surface area contributed by atoms with Crippen LogP contribution in [0.5, 0.6) is 5.75 Å². The fourth-order valence-corrected chi connectivity index (χ4v) is 8.09. The van der Waals surface area contributed by atoms with Crippen LogP contribution in [0.1, 0.15) is 70.2 Å². The molecule has 3 heterocycles. The van der Waals surface area contributed by atoms with Gasteiger partial charge in [0.25, 0.3) is 11.8 Å². The fourth-order valence-electron chi connectivity index (χ4n) is 7.54. The molecule has 0 saturated carbocycles. The Balaban J connectivity index is 1.52. The standard InChI is InChI=1S/C47H60N6O9S2/c1-46(2)36(26-34(43(54)51(5)60-7)28-48-22-10-24-63-58)29-49-39(46)20-16-31-12-9-13-32(41(31)62-37-18-14-33(15-19-37)45(56)57)17-21-40-47(3,4)38-27-35(44(55)52(6)61-8)30-53(42(38)50-40)23-11-25-64-59/h14-21,26-28,30,48,58-59H,9-13,22-25,29H2,1-8H3,(H,56,57)/p+1/b20-16+,32-17+,34-28+,36-26+,40-21+. The molecule has 0 radical (unpaired) electrons.